The zero-order valence-corrected chi connectivity index (χ0v) is 9.40. The molecule has 76 valence electrons. The van der Waals surface area contributed by atoms with Crippen molar-refractivity contribution in [1.82, 2.24) is 4.98 Å². The molecule has 2 aromatic heterocycles. The predicted octanol–water partition coefficient (Wildman–Crippen LogP) is 2.86. The second-order valence-corrected chi connectivity index (χ2v) is 3.88. The fraction of sp³-hybridized carbons (Fsp3) is 0.0909. The van der Waals surface area contributed by atoms with Gasteiger partial charge in [-0.05, 0) is 39.7 Å². The highest BCUT2D eigenvalue weighted by atomic mass is 79.9. The fourth-order valence-electron chi connectivity index (χ4n) is 1.26. The highest BCUT2D eigenvalue weighted by Gasteiger charge is 2.08. The third-order valence-electron chi connectivity index (χ3n) is 1.99. The Bertz CT molecular complexity index is 464. The number of hydrogen-bond donors (Lipinski definition) is 0. The van der Waals surface area contributed by atoms with Gasteiger partial charge in [-0.15, -0.1) is 0 Å². The van der Waals surface area contributed by atoms with Crippen LogP contribution in [0.25, 0.3) is 0 Å². The van der Waals surface area contributed by atoms with Crippen molar-refractivity contribution in [3.05, 3.63) is 52.7 Å². The van der Waals surface area contributed by atoms with E-state index < -0.39 is 0 Å². The third-order valence-corrected chi connectivity index (χ3v) is 2.40. The van der Waals surface area contributed by atoms with Crippen molar-refractivity contribution in [3.8, 4) is 0 Å². The summed E-state index contributed by atoms with van der Waals surface area (Å²) in [6, 6.07) is 5.20. The molecule has 2 rings (SSSR count). The van der Waals surface area contributed by atoms with Crippen LogP contribution in [-0.4, -0.2) is 10.8 Å². The van der Waals surface area contributed by atoms with Gasteiger partial charge in [0.2, 0.25) is 0 Å². The van der Waals surface area contributed by atoms with Gasteiger partial charge in [0.25, 0.3) is 0 Å². The maximum atomic E-state index is 11.7. The Morgan fingerprint density at radius 2 is 2.13 bits per heavy atom. The number of halogens is 1. The fourth-order valence-corrected chi connectivity index (χ4v) is 1.65. The lowest BCUT2D eigenvalue weighted by molar-refractivity contribution is 0.0992. The quantitative estimate of drug-likeness (QED) is 0.802. The van der Waals surface area contributed by atoms with Crippen molar-refractivity contribution in [2.24, 2.45) is 0 Å². The van der Waals surface area contributed by atoms with Crippen molar-refractivity contribution in [3.63, 3.8) is 0 Å². The first-order chi connectivity index (χ1) is 7.25. The Morgan fingerprint density at radius 3 is 2.73 bits per heavy atom. The van der Waals surface area contributed by atoms with E-state index in [0.29, 0.717) is 16.7 Å². The average Bonchev–Trinajstić information content (AvgIpc) is 2.65. The van der Waals surface area contributed by atoms with E-state index >= 15 is 0 Å². The number of aromatic nitrogens is 1. The molecular weight excluding hydrogens is 258 g/mol. The molecule has 3 nitrogen and oxygen atoms in total. The largest absolute Gasteiger partial charge is 0.457 e. The zero-order chi connectivity index (χ0) is 10.7. The molecule has 0 aliphatic heterocycles. The van der Waals surface area contributed by atoms with E-state index in [1.807, 2.05) is 0 Å². The molecule has 2 heterocycles. The maximum Gasteiger partial charge on any atom is 0.169 e. The van der Waals surface area contributed by atoms with Crippen LogP contribution in [-0.2, 0) is 6.42 Å². The van der Waals surface area contributed by atoms with Crippen molar-refractivity contribution >= 4 is 21.7 Å². The summed E-state index contributed by atoms with van der Waals surface area (Å²) in [7, 11) is 0. The number of hydrogen-bond acceptors (Lipinski definition) is 3. The van der Waals surface area contributed by atoms with Crippen LogP contribution < -0.4 is 0 Å². The summed E-state index contributed by atoms with van der Waals surface area (Å²) in [5.74, 6) is 0.0608. The van der Waals surface area contributed by atoms with Gasteiger partial charge in [-0.25, -0.2) is 0 Å². The van der Waals surface area contributed by atoms with Crippen LogP contribution in [0.4, 0.5) is 0 Å². The van der Waals surface area contributed by atoms with Crippen LogP contribution in [0.1, 0.15) is 15.9 Å². The number of pyridine rings is 1. The summed E-state index contributed by atoms with van der Waals surface area (Å²) in [4.78, 5) is 15.6. The van der Waals surface area contributed by atoms with Gasteiger partial charge in [-0.1, -0.05) is 0 Å². The summed E-state index contributed by atoms with van der Waals surface area (Å²) >= 11 is 3.19. The van der Waals surface area contributed by atoms with E-state index in [-0.39, 0.29) is 5.78 Å². The molecular formula is C11H8BrNO2. The monoisotopic (exact) mass is 265 g/mol. The van der Waals surface area contributed by atoms with Gasteiger partial charge >= 0.3 is 0 Å². The van der Waals surface area contributed by atoms with Gasteiger partial charge in [-0.3, -0.25) is 9.78 Å². The second kappa shape index (κ2) is 4.40. The van der Waals surface area contributed by atoms with Crippen LogP contribution in [0.2, 0.25) is 0 Å². The molecule has 4 heteroatoms. The minimum Gasteiger partial charge on any atom is -0.457 e. The van der Waals surface area contributed by atoms with E-state index in [9.17, 15) is 4.79 Å². The summed E-state index contributed by atoms with van der Waals surface area (Å²) in [5, 5.41) is 0. The first kappa shape index (κ1) is 10.1. The molecule has 0 bridgehead atoms. The Morgan fingerprint density at radius 1 is 1.40 bits per heavy atom. The number of Topliss-reactive ketones (excluding diaryl/α,β-unsaturated/α-hetero) is 1. The first-order valence-corrected chi connectivity index (χ1v) is 5.21. The number of nitrogens with zero attached hydrogens (tertiary/aromatic N) is 1. The minimum absolute atomic E-state index is 0.0608. The normalized spacial score (nSPS) is 10.2. The average molecular weight is 266 g/mol. The predicted molar refractivity (Wildman–Crippen MR) is 58.7 cm³/mol. The Kier molecular flexibility index (Phi) is 2.97. The van der Waals surface area contributed by atoms with E-state index in [1.54, 1.807) is 36.9 Å². The molecule has 0 aliphatic rings. The molecule has 2 aromatic rings. The second-order valence-electron chi connectivity index (χ2n) is 3.09. The number of ketones is 1. The molecule has 0 unspecified atom stereocenters. The number of carbonyl (C=O) groups excluding carboxylic acids is 1. The number of furan rings is 1. The van der Waals surface area contributed by atoms with Crippen LogP contribution in [0.3, 0.4) is 0 Å². The highest BCUT2D eigenvalue weighted by Crippen LogP contribution is 2.15. The van der Waals surface area contributed by atoms with Crippen LogP contribution in [0.5, 0.6) is 0 Å². The molecule has 0 saturated heterocycles. The van der Waals surface area contributed by atoms with Gasteiger partial charge in [0, 0.05) is 24.4 Å². The van der Waals surface area contributed by atoms with E-state index in [2.05, 4.69) is 20.9 Å². The Balaban J connectivity index is 2.11. The van der Waals surface area contributed by atoms with Crippen molar-refractivity contribution in [2.45, 2.75) is 6.42 Å². The Hall–Kier alpha value is -1.42. The highest BCUT2D eigenvalue weighted by molar-refractivity contribution is 9.10. The molecule has 0 fully saturated rings. The molecule has 0 aromatic carbocycles. The van der Waals surface area contributed by atoms with Crippen LogP contribution >= 0.6 is 15.9 Å². The summed E-state index contributed by atoms with van der Waals surface area (Å²) < 4.78 is 5.69. The molecule has 0 spiro atoms. The van der Waals surface area contributed by atoms with Gasteiger partial charge in [0.15, 0.2) is 10.5 Å². The van der Waals surface area contributed by atoms with Gasteiger partial charge in [0.1, 0.15) is 0 Å². The maximum absolute atomic E-state index is 11.7. The number of rotatable bonds is 3. The van der Waals surface area contributed by atoms with Crippen molar-refractivity contribution < 1.29 is 9.21 Å². The molecule has 0 aliphatic carbocycles. The smallest absolute Gasteiger partial charge is 0.169 e. The van der Waals surface area contributed by atoms with Crippen LogP contribution in [0, 0.1) is 0 Å². The molecule has 0 saturated carbocycles. The SMILES string of the molecule is O=C(Cc1coc(Br)c1)c1ccncc1. The molecule has 0 radical (unpaired) electrons. The zero-order valence-electron chi connectivity index (χ0n) is 7.81. The summed E-state index contributed by atoms with van der Waals surface area (Å²) in [5.41, 5.74) is 1.53. The molecule has 15 heavy (non-hydrogen) atoms. The molecule has 0 amide bonds. The lowest BCUT2D eigenvalue weighted by Crippen LogP contribution is -2.02. The Labute approximate surface area is 95.3 Å². The third kappa shape index (κ3) is 2.53. The van der Waals surface area contributed by atoms with E-state index in [1.165, 1.54) is 0 Å². The minimum atomic E-state index is 0.0608. The lowest BCUT2D eigenvalue weighted by Gasteiger charge is -1.96. The van der Waals surface area contributed by atoms with E-state index in [0.717, 1.165) is 5.56 Å². The summed E-state index contributed by atoms with van der Waals surface area (Å²) in [6.45, 7) is 0. The van der Waals surface area contributed by atoms with Crippen LogP contribution in [0.15, 0.2) is 45.9 Å². The van der Waals surface area contributed by atoms with E-state index in [4.69, 9.17) is 4.42 Å². The van der Waals surface area contributed by atoms with Crippen molar-refractivity contribution in [2.75, 3.05) is 0 Å². The summed E-state index contributed by atoms with van der Waals surface area (Å²) in [6.07, 6.45) is 5.14. The first-order valence-electron chi connectivity index (χ1n) is 4.42. The van der Waals surface area contributed by atoms with Gasteiger partial charge < -0.3 is 4.42 Å². The standard InChI is InChI=1S/C11H8BrNO2/c12-11-6-8(7-15-11)5-10(14)9-1-3-13-4-2-9/h1-4,6-7H,5H2. The van der Waals surface area contributed by atoms with Gasteiger partial charge in [-0.2, -0.15) is 0 Å². The molecule has 0 atom stereocenters. The topological polar surface area (TPSA) is 43.1 Å². The van der Waals surface area contributed by atoms with Gasteiger partial charge in [0.05, 0.1) is 6.26 Å². The van der Waals surface area contributed by atoms with Crippen molar-refractivity contribution in [1.29, 1.82) is 0 Å². The lowest BCUT2D eigenvalue weighted by atomic mass is 10.1. The number of carbonyl (C=O) groups is 1. The molecule has 0 N–H and O–H groups in total.